The van der Waals surface area contributed by atoms with Crippen molar-refractivity contribution in [3.63, 3.8) is 0 Å². The highest BCUT2D eigenvalue weighted by molar-refractivity contribution is 9.11. The number of phenols is 1. The van der Waals surface area contributed by atoms with Crippen LogP contribution in [0.2, 0.25) is 0 Å². The lowest BCUT2D eigenvalue weighted by Gasteiger charge is -2.41. The van der Waals surface area contributed by atoms with E-state index in [1.54, 1.807) is 0 Å². The van der Waals surface area contributed by atoms with Crippen molar-refractivity contribution in [3.8, 4) is 5.75 Å². The second-order valence-corrected chi connectivity index (χ2v) is 9.23. The van der Waals surface area contributed by atoms with E-state index in [9.17, 15) is 9.90 Å². The Kier molecular flexibility index (Phi) is 7.08. The summed E-state index contributed by atoms with van der Waals surface area (Å²) < 4.78 is 8.73. The molecular weight excluding hydrogens is 474 g/mol. The third kappa shape index (κ3) is 5.25. The van der Waals surface area contributed by atoms with Gasteiger partial charge in [-0.15, -0.1) is 0 Å². The number of carbonyl (C=O) groups is 1. The highest BCUT2D eigenvalue weighted by Crippen LogP contribution is 2.33. The molecule has 0 unspecified atom stereocenters. The molecule has 0 saturated carbocycles. The van der Waals surface area contributed by atoms with Gasteiger partial charge in [0, 0.05) is 20.5 Å². The van der Waals surface area contributed by atoms with Crippen LogP contribution in [0.25, 0.3) is 0 Å². The normalized spacial score (nSPS) is 21.1. The average Bonchev–Trinajstić information content (AvgIpc) is 2.72. The first-order valence-corrected chi connectivity index (χ1v) is 11.3. The summed E-state index contributed by atoms with van der Waals surface area (Å²) in [5.74, 6) is 0.226. The number of benzene rings is 1. The van der Waals surface area contributed by atoms with Gasteiger partial charge in [0.05, 0.1) is 15.0 Å². The Morgan fingerprint density at radius 3 is 2.44 bits per heavy atom. The molecule has 2 saturated heterocycles. The molecule has 1 aromatic carbocycles. The Bertz CT molecular complexity index is 654. The molecule has 1 aromatic rings. The number of aromatic hydroxyl groups is 1. The van der Waals surface area contributed by atoms with Gasteiger partial charge in [0.2, 0.25) is 5.91 Å². The largest absolute Gasteiger partial charge is 0.506 e. The van der Waals surface area contributed by atoms with E-state index in [0.717, 1.165) is 31.5 Å². The van der Waals surface area contributed by atoms with Crippen LogP contribution in [-0.2, 0) is 11.2 Å². The zero-order valence-electron chi connectivity index (χ0n) is 16.6. The number of phenolic OH excluding ortho intramolecular Hbond substituents is 1. The van der Waals surface area contributed by atoms with Gasteiger partial charge >= 0.3 is 0 Å². The summed E-state index contributed by atoms with van der Waals surface area (Å²) >= 11 is 6.69. The molecule has 3 rings (SSSR count). The average molecular weight is 504 g/mol. The van der Waals surface area contributed by atoms with E-state index in [1.165, 1.54) is 32.4 Å². The fraction of sp³-hybridized carbons (Fsp3) is 0.650. The van der Waals surface area contributed by atoms with Crippen molar-refractivity contribution in [1.29, 1.82) is 0 Å². The van der Waals surface area contributed by atoms with Crippen molar-refractivity contribution in [2.45, 2.75) is 50.6 Å². The molecule has 0 radical (unpaired) electrons. The minimum atomic E-state index is -0.424. The number of carbonyl (C=O) groups excluding carboxylic acids is 1. The number of hydrogen-bond acceptors (Lipinski definition) is 4. The van der Waals surface area contributed by atoms with Gasteiger partial charge in [-0.05, 0) is 102 Å². The predicted molar refractivity (Wildman–Crippen MR) is 115 cm³/mol. The zero-order chi connectivity index (χ0) is 20.1. The van der Waals surface area contributed by atoms with Crippen molar-refractivity contribution in [2.75, 3.05) is 33.2 Å². The molecule has 7 heteroatoms. The lowest BCUT2D eigenvalue weighted by atomic mass is 9.98. The molecule has 5 nitrogen and oxygen atoms in total. The maximum atomic E-state index is 13.1. The molecule has 0 aliphatic carbocycles. The number of likely N-dealkylation sites (tertiary alicyclic amines) is 2. The highest BCUT2D eigenvalue weighted by Gasteiger charge is 2.30. The van der Waals surface area contributed by atoms with Crippen molar-refractivity contribution >= 4 is 37.8 Å². The molecule has 0 aromatic heterocycles. The number of halogens is 2. The summed E-state index contributed by atoms with van der Waals surface area (Å²) in [6.07, 6.45) is 6.50. The number of piperidine rings is 2. The third-order valence-electron chi connectivity index (χ3n) is 5.74. The molecule has 2 aliphatic rings. The van der Waals surface area contributed by atoms with Crippen LogP contribution in [0, 0.1) is 0 Å². The zero-order valence-corrected chi connectivity index (χ0v) is 18.8. The fourth-order valence-electron chi connectivity index (χ4n) is 4.17. The number of nitrogens with one attached hydrogen (secondary N) is 1. The summed E-state index contributed by atoms with van der Waals surface area (Å²) in [6, 6.07) is 3.84. The van der Waals surface area contributed by atoms with Gasteiger partial charge in [-0.3, -0.25) is 4.79 Å². The van der Waals surface area contributed by atoms with E-state index >= 15 is 0 Å². The number of likely N-dealkylation sites (N-methyl/N-ethyl adjacent to an activating group) is 1. The summed E-state index contributed by atoms with van der Waals surface area (Å²) in [5, 5.41) is 12.9. The molecule has 2 heterocycles. The Balaban J connectivity index is 1.60. The predicted octanol–water partition coefficient (Wildman–Crippen LogP) is 3.52. The van der Waals surface area contributed by atoms with Crippen LogP contribution >= 0.6 is 31.9 Å². The van der Waals surface area contributed by atoms with E-state index in [2.05, 4.69) is 42.1 Å². The lowest BCUT2D eigenvalue weighted by Crippen LogP contribution is -2.52. The Labute approximate surface area is 180 Å². The van der Waals surface area contributed by atoms with Crippen LogP contribution in [0.4, 0.5) is 0 Å². The maximum Gasteiger partial charge on any atom is 0.240 e. The summed E-state index contributed by atoms with van der Waals surface area (Å²) in [7, 11) is 0.00106. The van der Waals surface area contributed by atoms with Crippen LogP contribution in [0.5, 0.6) is 5.75 Å². The van der Waals surface area contributed by atoms with E-state index in [-0.39, 0.29) is 18.7 Å². The number of amides is 1. The summed E-state index contributed by atoms with van der Waals surface area (Å²) in [5.41, 5.74) is 0.930. The minimum absolute atomic E-state index is 0.00106. The van der Waals surface area contributed by atoms with Gasteiger partial charge in [0.15, 0.2) is 0 Å². The molecule has 0 spiro atoms. The molecule has 27 heavy (non-hydrogen) atoms. The second kappa shape index (κ2) is 9.72. The quantitative estimate of drug-likeness (QED) is 0.645. The Morgan fingerprint density at radius 1 is 1.22 bits per heavy atom. The molecule has 2 fully saturated rings. The first-order chi connectivity index (χ1) is 13.5. The third-order valence-corrected chi connectivity index (χ3v) is 6.95. The first-order valence-electron chi connectivity index (χ1n) is 10.4. The van der Waals surface area contributed by atoms with Gasteiger partial charge in [0.25, 0.3) is 0 Å². The van der Waals surface area contributed by atoms with Crippen molar-refractivity contribution in [2.24, 2.45) is 0 Å². The van der Waals surface area contributed by atoms with Gasteiger partial charge in [-0.2, -0.15) is 0 Å². The second-order valence-electron chi connectivity index (χ2n) is 7.52. The van der Waals surface area contributed by atoms with Crippen molar-refractivity contribution < 1.29 is 11.3 Å². The van der Waals surface area contributed by atoms with E-state index in [1.807, 2.05) is 17.0 Å². The van der Waals surface area contributed by atoms with Crippen LogP contribution in [0.15, 0.2) is 21.1 Å². The number of nitrogens with zero attached hydrogens (tertiary/aromatic N) is 2. The smallest absolute Gasteiger partial charge is 0.240 e. The van der Waals surface area contributed by atoms with E-state index < -0.39 is 6.04 Å². The van der Waals surface area contributed by atoms with Crippen molar-refractivity contribution in [3.05, 3.63) is 26.6 Å². The molecule has 1 amide bonds. The SMILES string of the molecule is [2H]CN[C@@H](Cc1cc(Br)c(O)c(Br)c1)C(=O)N1CCC(N2CCCCC2)CC1. The maximum absolute atomic E-state index is 13.1. The molecule has 2 aliphatic heterocycles. The molecule has 1 atom stereocenters. The van der Waals surface area contributed by atoms with Crippen molar-refractivity contribution in [1.82, 2.24) is 15.1 Å². The topological polar surface area (TPSA) is 55.8 Å². The Morgan fingerprint density at radius 2 is 1.85 bits per heavy atom. The molecule has 150 valence electrons. The minimum Gasteiger partial charge on any atom is -0.506 e. The molecule has 0 bridgehead atoms. The van der Waals surface area contributed by atoms with Gasteiger partial charge in [0.1, 0.15) is 5.75 Å². The van der Waals surface area contributed by atoms with E-state index in [0.29, 0.717) is 21.4 Å². The molecular formula is C20H29Br2N3O2. The monoisotopic (exact) mass is 502 g/mol. The van der Waals surface area contributed by atoms with Crippen LogP contribution in [0.1, 0.15) is 39.0 Å². The van der Waals surface area contributed by atoms with Crippen LogP contribution < -0.4 is 5.32 Å². The summed E-state index contributed by atoms with van der Waals surface area (Å²) in [6.45, 7) is 3.98. The van der Waals surface area contributed by atoms with Gasteiger partial charge in [-0.1, -0.05) is 6.42 Å². The first kappa shape index (κ1) is 19.7. The van der Waals surface area contributed by atoms with Gasteiger partial charge < -0.3 is 20.2 Å². The van der Waals surface area contributed by atoms with Gasteiger partial charge in [-0.25, -0.2) is 0 Å². The standard InChI is InChI=1S/C20H29Br2N3O2/c1-23-18(13-14-11-16(21)19(26)17(22)12-14)20(27)25-9-5-15(6-10-25)24-7-3-2-4-8-24/h11-12,15,18,23,26H,2-10,13H2,1H3/t18-/m0/s1/i1D. The van der Waals surface area contributed by atoms with Crippen LogP contribution in [0.3, 0.4) is 0 Å². The number of hydrogen-bond donors (Lipinski definition) is 2. The summed E-state index contributed by atoms with van der Waals surface area (Å²) in [4.78, 5) is 17.7. The van der Waals surface area contributed by atoms with E-state index in [4.69, 9.17) is 1.37 Å². The number of rotatable bonds is 5. The highest BCUT2D eigenvalue weighted by atomic mass is 79.9. The van der Waals surface area contributed by atoms with Crippen LogP contribution in [-0.4, -0.2) is 66.1 Å². The molecule has 2 N–H and O–H groups in total. The lowest BCUT2D eigenvalue weighted by molar-refractivity contribution is -0.135. The Hall–Kier alpha value is -0.630. The fourth-order valence-corrected chi connectivity index (χ4v) is 5.45.